The number of nitrogens with zero attached hydrogens (tertiary/aromatic N) is 1. The second-order valence-corrected chi connectivity index (χ2v) is 6.16. The van der Waals surface area contributed by atoms with Gasteiger partial charge in [-0.25, -0.2) is 0 Å². The molecular weight excluding hydrogens is 252 g/mol. The van der Waals surface area contributed by atoms with Crippen molar-refractivity contribution in [2.24, 2.45) is 0 Å². The Labute approximate surface area is 117 Å². The third-order valence-corrected chi connectivity index (χ3v) is 4.47. The molecule has 0 bridgehead atoms. The Morgan fingerprint density at radius 1 is 1.32 bits per heavy atom. The first-order valence-corrected chi connectivity index (χ1v) is 7.41. The first-order valence-electron chi connectivity index (χ1n) is 6.59. The Hall–Kier alpha value is -1.63. The highest BCUT2D eigenvalue weighted by Gasteiger charge is 2.19. The van der Waals surface area contributed by atoms with Gasteiger partial charge in [0, 0.05) is 17.5 Å². The second-order valence-electron chi connectivity index (χ2n) is 5.08. The third-order valence-electron chi connectivity index (χ3n) is 3.44. The first-order chi connectivity index (χ1) is 9.26. The quantitative estimate of drug-likeness (QED) is 0.914. The van der Waals surface area contributed by atoms with Crippen LogP contribution in [0.1, 0.15) is 28.8 Å². The van der Waals surface area contributed by atoms with Gasteiger partial charge < -0.3 is 5.32 Å². The number of hydrogen-bond donors (Lipinski definition) is 1. The standard InChI is InChI=1S/C16H16N2S/c1-11-8-12(10-18-13-3-4-13)2-6-15(11)16-7-5-14(9-17)19-16/h2,5-8,13,18H,3-4,10H2,1H3. The monoisotopic (exact) mass is 268 g/mol. The van der Waals surface area contributed by atoms with Crippen LogP contribution in [0.4, 0.5) is 0 Å². The minimum Gasteiger partial charge on any atom is -0.310 e. The Bertz CT molecular complexity index is 632. The molecule has 0 amide bonds. The van der Waals surface area contributed by atoms with Crippen LogP contribution in [-0.4, -0.2) is 6.04 Å². The topological polar surface area (TPSA) is 35.8 Å². The van der Waals surface area contributed by atoms with Crippen LogP contribution in [-0.2, 0) is 6.54 Å². The maximum Gasteiger partial charge on any atom is 0.110 e. The summed E-state index contributed by atoms with van der Waals surface area (Å²) in [6.07, 6.45) is 2.65. The summed E-state index contributed by atoms with van der Waals surface area (Å²) in [7, 11) is 0. The first kappa shape index (κ1) is 12.4. The fourth-order valence-corrected chi connectivity index (χ4v) is 3.10. The van der Waals surface area contributed by atoms with E-state index in [4.69, 9.17) is 5.26 Å². The zero-order valence-corrected chi connectivity index (χ0v) is 11.8. The fourth-order valence-electron chi connectivity index (χ4n) is 2.20. The Morgan fingerprint density at radius 3 is 2.79 bits per heavy atom. The Kier molecular flexibility index (Phi) is 3.37. The minimum atomic E-state index is 0.746. The van der Waals surface area contributed by atoms with Gasteiger partial charge >= 0.3 is 0 Å². The van der Waals surface area contributed by atoms with E-state index in [0.29, 0.717) is 0 Å². The average molecular weight is 268 g/mol. The van der Waals surface area contributed by atoms with Crippen molar-refractivity contribution in [3.8, 4) is 16.5 Å². The summed E-state index contributed by atoms with van der Waals surface area (Å²) in [5.74, 6) is 0. The number of hydrogen-bond acceptors (Lipinski definition) is 3. The number of rotatable bonds is 4. The summed E-state index contributed by atoms with van der Waals surface area (Å²) in [4.78, 5) is 1.95. The summed E-state index contributed by atoms with van der Waals surface area (Å²) < 4.78 is 0. The van der Waals surface area contributed by atoms with Crippen LogP contribution in [0.25, 0.3) is 10.4 Å². The average Bonchev–Trinajstić information content (AvgIpc) is 3.13. The molecule has 0 spiro atoms. The van der Waals surface area contributed by atoms with Crippen LogP contribution in [0.15, 0.2) is 30.3 Å². The van der Waals surface area contributed by atoms with Gasteiger partial charge in [-0.2, -0.15) is 5.26 Å². The lowest BCUT2D eigenvalue weighted by Crippen LogP contribution is -2.15. The molecular formula is C16H16N2S. The molecule has 0 aliphatic heterocycles. The van der Waals surface area contributed by atoms with Gasteiger partial charge in [-0.15, -0.1) is 11.3 Å². The van der Waals surface area contributed by atoms with Gasteiger partial charge in [-0.05, 0) is 48.6 Å². The molecule has 3 rings (SSSR count). The van der Waals surface area contributed by atoms with Crippen molar-refractivity contribution >= 4 is 11.3 Å². The molecule has 96 valence electrons. The lowest BCUT2D eigenvalue weighted by molar-refractivity contribution is 0.687. The van der Waals surface area contributed by atoms with E-state index < -0.39 is 0 Å². The molecule has 1 heterocycles. The van der Waals surface area contributed by atoms with Gasteiger partial charge in [0.1, 0.15) is 10.9 Å². The molecule has 0 unspecified atom stereocenters. The highest BCUT2D eigenvalue weighted by atomic mass is 32.1. The highest BCUT2D eigenvalue weighted by Crippen LogP contribution is 2.31. The van der Waals surface area contributed by atoms with E-state index in [1.165, 1.54) is 34.4 Å². The van der Waals surface area contributed by atoms with Crippen LogP contribution in [0.3, 0.4) is 0 Å². The van der Waals surface area contributed by atoms with Crippen molar-refractivity contribution < 1.29 is 0 Å². The molecule has 2 aromatic rings. The number of benzene rings is 1. The highest BCUT2D eigenvalue weighted by molar-refractivity contribution is 7.16. The van der Waals surface area contributed by atoms with Crippen molar-refractivity contribution in [1.82, 2.24) is 5.32 Å². The summed E-state index contributed by atoms with van der Waals surface area (Å²) in [5.41, 5.74) is 3.85. The van der Waals surface area contributed by atoms with Crippen LogP contribution < -0.4 is 5.32 Å². The lowest BCUT2D eigenvalue weighted by Gasteiger charge is -2.08. The van der Waals surface area contributed by atoms with E-state index in [9.17, 15) is 0 Å². The van der Waals surface area contributed by atoms with Crippen molar-refractivity contribution in [2.45, 2.75) is 32.4 Å². The van der Waals surface area contributed by atoms with E-state index in [0.717, 1.165) is 17.5 Å². The van der Waals surface area contributed by atoms with Gasteiger partial charge in [0.05, 0.1) is 0 Å². The van der Waals surface area contributed by atoms with Crippen molar-refractivity contribution in [2.75, 3.05) is 0 Å². The lowest BCUT2D eigenvalue weighted by atomic mass is 10.0. The van der Waals surface area contributed by atoms with E-state index in [1.807, 2.05) is 12.1 Å². The van der Waals surface area contributed by atoms with E-state index >= 15 is 0 Å². The fraction of sp³-hybridized carbons (Fsp3) is 0.312. The zero-order chi connectivity index (χ0) is 13.2. The molecule has 1 aliphatic carbocycles. The van der Waals surface area contributed by atoms with Crippen LogP contribution in [0, 0.1) is 18.3 Å². The van der Waals surface area contributed by atoms with Crippen LogP contribution in [0.2, 0.25) is 0 Å². The Morgan fingerprint density at radius 2 is 2.16 bits per heavy atom. The van der Waals surface area contributed by atoms with Gasteiger partial charge in [-0.1, -0.05) is 18.2 Å². The number of aryl methyl sites for hydroxylation is 1. The van der Waals surface area contributed by atoms with Gasteiger partial charge in [0.2, 0.25) is 0 Å². The summed E-state index contributed by atoms with van der Waals surface area (Å²) >= 11 is 1.56. The minimum absolute atomic E-state index is 0.746. The molecule has 3 heteroatoms. The molecule has 1 aromatic heterocycles. The molecule has 19 heavy (non-hydrogen) atoms. The summed E-state index contributed by atoms with van der Waals surface area (Å²) in [6.45, 7) is 3.10. The summed E-state index contributed by atoms with van der Waals surface area (Å²) in [5, 5.41) is 12.4. The number of nitriles is 1. The van der Waals surface area contributed by atoms with Gasteiger partial charge in [-0.3, -0.25) is 0 Å². The third kappa shape index (κ3) is 2.86. The largest absolute Gasteiger partial charge is 0.310 e. The molecule has 0 radical (unpaired) electrons. The molecule has 1 N–H and O–H groups in total. The molecule has 1 saturated carbocycles. The maximum atomic E-state index is 8.89. The number of nitrogens with one attached hydrogen (secondary N) is 1. The zero-order valence-electron chi connectivity index (χ0n) is 10.9. The molecule has 0 saturated heterocycles. The predicted molar refractivity (Wildman–Crippen MR) is 79.1 cm³/mol. The molecule has 1 fully saturated rings. The molecule has 1 aromatic carbocycles. The predicted octanol–water partition coefficient (Wildman–Crippen LogP) is 3.85. The van der Waals surface area contributed by atoms with Gasteiger partial charge in [0.25, 0.3) is 0 Å². The van der Waals surface area contributed by atoms with Crippen molar-refractivity contribution in [3.63, 3.8) is 0 Å². The van der Waals surface area contributed by atoms with E-state index in [1.54, 1.807) is 11.3 Å². The van der Waals surface area contributed by atoms with Crippen LogP contribution in [0.5, 0.6) is 0 Å². The normalized spacial score (nSPS) is 14.3. The Balaban J connectivity index is 1.80. The SMILES string of the molecule is Cc1cc(CNC2CC2)ccc1-c1ccc(C#N)s1. The maximum absolute atomic E-state index is 8.89. The van der Waals surface area contributed by atoms with E-state index in [-0.39, 0.29) is 0 Å². The van der Waals surface area contributed by atoms with Crippen molar-refractivity contribution in [1.29, 1.82) is 5.26 Å². The van der Waals surface area contributed by atoms with Crippen molar-refractivity contribution in [3.05, 3.63) is 46.3 Å². The summed E-state index contributed by atoms with van der Waals surface area (Å²) in [6, 6.07) is 13.5. The van der Waals surface area contributed by atoms with Crippen LogP contribution >= 0.6 is 11.3 Å². The van der Waals surface area contributed by atoms with E-state index in [2.05, 4.69) is 36.5 Å². The number of thiophene rings is 1. The second kappa shape index (κ2) is 5.16. The molecule has 1 aliphatic rings. The molecule has 2 nitrogen and oxygen atoms in total. The molecule has 0 atom stereocenters. The van der Waals surface area contributed by atoms with Gasteiger partial charge in [0.15, 0.2) is 0 Å². The smallest absolute Gasteiger partial charge is 0.110 e.